The minimum atomic E-state index is -0.267. The molecular formula is C128H87N9O3. The predicted octanol–water partition coefficient (Wildman–Crippen LogP) is 32.9. The molecule has 6 aromatic heterocycles. The van der Waals surface area contributed by atoms with Crippen molar-refractivity contribution in [1.82, 2.24) is 44.9 Å². The molecule has 6 heterocycles. The lowest BCUT2D eigenvalue weighted by Crippen LogP contribution is -2.15. The number of fused-ring (bicyclic) bond motifs is 23. The molecule has 19 aromatic carbocycles. The highest BCUT2D eigenvalue weighted by molar-refractivity contribution is 6.15. The topological polar surface area (TPSA) is 155 Å². The summed E-state index contributed by atoms with van der Waals surface area (Å²) in [5.74, 6) is 5.89. The Bertz CT molecular complexity index is 9240. The number of furan rings is 3. The third-order valence-electron chi connectivity index (χ3n) is 28.8. The number of nitrogens with zero attached hydrogens (tertiary/aromatic N) is 9. The summed E-state index contributed by atoms with van der Waals surface area (Å²) in [6, 6.07) is 145. The zero-order valence-corrected chi connectivity index (χ0v) is 77.6. The van der Waals surface area contributed by atoms with Crippen LogP contribution in [0.5, 0.6) is 0 Å². The quantitative estimate of drug-likeness (QED) is 0.121. The molecule has 0 bridgehead atoms. The zero-order chi connectivity index (χ0) is 93.6. The Morgan fingerprint density at radius 3 is 0.786 bits per heavy atom. The molecule has 0 saturated heterocycles. The van der Waals surface area contributed by atoms with Crippen molar-refractivity contribution >= 4 is 87.4 Å². The fraction of sp³-hybridized carbons (Fsp3) is 0.0703. The van der Waals surface area contributed by atoms with Crippen LogP contribution in [0.4, 0.5) is 0 Å². The van der Waals surface area contributed by atoms with Crippen molar-refractivity contribution in [3.63, 3.8) is 0 Å². The second-order valence-corrected chi connectivity index (χ2v) is 38.0. The average Bonchev–Trinajstić information content (AvgIpc) is 1.55. The molecule has 0 aliphatic heterocycles. The molecule has 25 aromatic rings. The van der Waals surface area contributed by atoms with Crippen LogP contribution in [0, 0.1) is 0 Å². The van der Waals surface area contributed by atoms with Crippen molar-refractivity contribution < 1.29 is 13.3 Å². The van der Waals surface area contributed by atoms with Crippen LogP contribution in [0.25, 0.3) is 245 Å². The number of benzene rings is 19. The van der Waals surface area contributed by atoms with Gasteiger partial charge in [0.1, 0.15) is 33.5 Å². The van der Waals surface area contributed by atoms with Crippen LogP contribution in [0.1, 0.15) is 74.9 Å². The first-order valence-corrected chi connectivity index (χ1v) is 47.6. The van der Waals surface area contributed by atoms with Gasteiger partial charge in [0.05, 0.1) is 0 Å². The highest BCUT2D eigenvalue weighted by Crippen LogP contribution is 2.60. The molecule has 12 nitrogen and oxygen atoms in total. The molecule has 0 fully saturated rings. The summed E-state index contributed by atoms with van der Waals surface area (Å²) in [6.45, 7) is 13.9. The van der Waals surface area contributed by atoms with Crippen molar-refractivity contribution in [3.8, 4) is 158 Å². The summed E-state index contributed by atoms with van der Waals surface area (Å²) in [5, 5.41) is 11.5. The van der Waals surface area contributed by atoms with Crippen LogP contribution in [-0.2, 0) is 16.2 Å². The fourth-order valence-electron chi connectivity index (χ4n) is 22.2. The number of hydrogen-bond donors (Lipinski definition) is 0. The van der Waals surface area contributed by atoms with E-state index in [2.05, 4.69) is 381 Å². The van der Waals surface area contributed by atoms with Gasteiger partial charge in [0.15, 0.2) is 52.4 Å². The van der Waals surface area contributed by atoms with Crippen molar-refractivity contribution in [2.24, 2.45) is 0 Å². The number of rotatable bonds is 11. The lowest BCUT2D eigenvalue weighted by Gasteiger charge is -2.22. The van der Waals surface area contributed by atoms with E-state index in [1.807, 2.05) is 78.9 Å². The molecule has 28 rings (SSSR count). The van der Waals surface area contributed by atoms with Gasteiger partial charge in [-0.15, -0.1) is 0 Å². The smallest absolute Gasteiger partial charge is 0.164 e. The zero-order valence-electron chi connectivity index (χ0n) is 77.6. The van der Waals surface area contributed by atoms with Gasteiger partial charge in [0.25, 0.3) is 0 Å². The maximum Gasteiger partial charge on any atom is 0.164 e. The van der Waals surface area contributed by atoms with Gasteiger partial charge in [-0.25, -0.2) is 44.9 Å². The van der Waals surface area contributed by atoms with Crippen LogP contribution in [0.2, 0.25) is 0 Å². The first kappa shape index (κ1) is 82.8. The van der Waals surface area contributed by atoms with E-state index in [1.54, 1.807) is 0 Å². The molecule has 3 aliphatic rings. The van der Waals surface area contributed by atoms with Gasteiger partial charge in [-0.2, -0.15) is 0 Å². The van der Waals surface area contributed by atoms with Gasteiger partial charge in [-0.3, -0.25) is 0 Å². The van der Waals surface area contributed by atoms with Gasteiger partial charge >= 0.3 is 0 Å². The second kappa shape index (κ2) is 32.7. The Labute approximate surface area is 807 Å². The number of aromatic nitrogens is 9. The normalized spacial score (nSPS) is 13.2. The molecule has 0 saturated carbocycles. The lowest BCUT2D eigenvalue weighted by atomic mass is 9.80. The van der Waals surface area contributed by atoms with Gasteiger partial charge < -0.3 is 13.3 Å². The Kier molecular flexibility index (Phi) is 19.3. The van der Waals surface area contributed by atoms with Crippen molar-refractivity contribution in [3.05, 3.63) is 452 Å². The summed E-state index contributed by atoms with van der Waals surface area (Å²) in [4.78, 5) is 46.4. The summed E-state index contributed by atoms with van der Waals surface area (Å²) < 4.78 is 19.0. The first-order valence-electron chi connectivity index (χ1n) is 47.6. The summed E-state index contributed by atoms with van der Waals surface area (Å²) >= 11 is 0. The average molecular weight is 1800 g/mol. The molecule has 0 radical (unpaired) electrons. The predicted molar refractivity (Wildman–Crippen MR) is 569 cm³/mol. The van der Waals surface area contributed by atoms with Crippen molar-refractivity contribution in [2.75, 3.05) is 0 Å². The van der Waals surface area contributed by atoms with Crippen LogP contribution in [-0.4, -0.2) is 44.9 Å². The molecule has 12 heteroatoms. The third-order valence-corrected chi connectivity index (χ3v) is 28.8. The SMILES string of the molecule is CC1(C)c2cccc(-c3nc(-c4cccc5ccccc45)nc(-c4cccc5ccccc45)n3)c2-c2ccc3oc4ccccc4c3c21.CC1(C)c2cccc(-c3nc(-c4ccccc4)nc(-c4ccc(-c5ccccc5)cc4)n3)c2-c2ccc3oc4ccccc4c3c21.CC1(C)c2cccc(-c3nc(-c4ccccc4)nc(-c4cccc(-c5ccccc5)c4)n3)c2-c2ccc3oc4ccccc4c3c21. The third kappa shape index (κ3) is 13.6. The molecule has 0 N–H and O–H groups in total. The minimum Gasteiger partial charge on any atom is -0.456 e. The van der Waals surface area contributed by atoms with Gasteiger partial charge in [-0.05, 0) is 153 Å². The van der Waals surface area contributed by atoms with E-state index >= 15 is 0 Å². The largest absolute Gasteiger partial charge is 0.456 e. The van der Waals surface area contributed by atoms with Gasteiger partial charge in [-0.1, -0.05) is 418 Å². The van der Waals surface area contributed by atoms with Crippen molar-refractivity contribution in [2.45, 2.75) is 57.8 Å². The van der Waals surface area contributed by atoms with E-state index in [0.717, 1.165) is 138 Å². The molecule has 0 atom stereocenters. The molecule has 0 unspecified atom stereocenters. The Morgan fingerprint density at radius 1 is 0.164 bits per heavy atom. The van der Waals surface area contributed by atoms with Gasteiger partial charge in [0, 0.05) is 98.6 Å². The van der Waals surface area contributed by atoms with Crippen LogP contribution in [0.3, 0.4) is 0 Å². The van der Waals surface area contributed by atoms with E-state index in [9.17, 15) is 0 Å². The Balaban J connectivity index is 0.000000108. The van der Waals surface area contributed by atoms with Crippen LogP contribution < -0.4 is 0 Å². The standard InChI is InChI=1S/C44H29N3O.2C42H29N3O/c1-44(2)35-22-11-21-34(38(35)33-24-25-37-39(40(33)44)32-18-7-8-23-36(32)48-37)43-46-41(30-19-9-14-26-12-3-5-16-28(26)30)45-42(47-43)31-20-10-15-27-13-4-6-17-29(27)31;1-42(2)33-21-12-20-32(36(33)31-23-24-35-37(38(31)42)30-19-9-10-22-34(30)46-35)41-44-39(27-15-7-4-8-16-27)43-40(45-41)29-18-11-17-28(25-29)26-13-5-3-6-14-26;1-42(2)33-18-11-17-32(36(33)31-24-25-35-37(38(31)42)30-16-9-10-19-34(30)46-35)41-44-39(28-14-7-4-8-15-28)43-40(45-41)29-22-20-27(21-23-29)26-12-5-3-6-13-26/h3-25H,1-2H3;2*3-25H,1-2H3. The number of hydrogen-bond acceptors (Lipinski definition) is 12. The van der Waals surface area contributed by atoms with E-state index in [1.165, 1.54) is 88.5 Å². The second-order valence-electron chi connectivity index (χ2n) is 38.0. The fourth-order valence-corrected chi connectivity index (χ4v) is 22.2. The minimum absolute atomic E-state index is 0.252. The van der Waals surface area contributed by atoms with E-state index < -0.39 is 0 Å². The molecule has 140 heavy (non-hydrogen) atoms. The molecule has 3 aliphatic carbocycles. The summed E-state index contributed by atoms with van der Waals surface area (Å²) in [5.41, 5.74) is 32.8. The molecule has 0 amide bonds. The van der Waals surface area contributed by atoms with Crippen LogP contribution in [0.15, 0.2) is 432 Å². The van der Waals surface area contributed by atoms with Crippen molar-refractivity contribution in [1.29, 1.82) is 0 Å². The van der Waals surface area contributed by atoms with E-state index in [0.29, 0.717) is 52.4 Å². The monoisotopic (exact) mass is 1800 g/mol. The summed E-state index contributed by atoms with van der Waals surface area (Å²) in [7, 11) is 0. The molecule has 662 valence electrons. The van der Waals surface area contributed by atoms with E-state index in [-0.39, 0.29) is 16.2 Å². The number of para-hydroxylation sites is 3. The van der Waals surface area contributed by atoms with E-state index in [4.69, 9.17) is 58.1 Å². The summed E-state index contributed by atoms with van der Waals surface area (Å²) in [6.07, 6.45) is 0. The Morgan fingerprint density at radius 2 is 0.407 bits per heavy atom. The van der Waals surface area contributed by atoms with Gasteiger partial charge in [0.2, 0.25) is 0 Å². The highest BCUT2D eigenvalue weighted by atomic mass is 16.3. The lowest BCUT2D eigenvalue weighted by molar-refractivity contribution is 0.657. The van der Waals surface area contributed by atoms with Crippen LogP contribution >= 0.6 is 0 Å². The highest BCUT2D eigenvalue weighted by Gasteiger charge is 2.44. The Hall–Kier alpha value is -17.9. The molecular weight excluding hydrogens is 1710 g/mol. The molecule has 0 spiro atoms. The maximum atomic E-state index is 6.35. The first-order chi connectivity index (χ1) is 68.7. The maximum absolute atomic E-state index is 6.35.